The second-order valence-electron chi connectivity index (χ2n) is 9.93. The van der Waals surface area contributed by atoms with Gasteiger partial charge in [-0.25, -0.2) is 4.98 Å². The second kappa shape index (κ2) is 8.91. The maximum atomic E-state index is 13.0. The lowest BCUT2D eigenvalue weighted by atomic mass is 9.97. The molecule has 2 aliphatic rings. The molecular formula is C27H30N4O3S. The van der Waals surface area contributed by atoms with Gasteiger partial charge in [0.05, 0.1) is 24.6 Å². The summed E-state index contributed by atoms with van der Waals surface area (Å²) in [6, 6.07) is 4.15. The molecule has 1 fully saturated rings. The SMILES string of the molecule is Cc1cc2occ(CC(=O)N3CCN(Cc4nc5sc6c(c5c(=O)[nH]4)CCCC6)CC3)c2cc1C. The van der Waals surface area contributed by atoms with Crippen molar-refractivity contribution in [2.75, 3.05) is 26.2 Å². The lowest BCUT2D eigenvalue weighted by molar-refractivity contribution is -0.132. The first-order chi connectivity index (χ1) is 17.0. The molecule has 1 N–H and O–H groups in total. The average molecular weight is 491 g/mol. The molecular weight excluding hydrogens is 460 g/mol. The van der Waals surface area contributed by atoms with E-state index in [-0.39, 0.29) is 11.5 Å². The Labute approximate surface area is 207 Å². The van der Waals surface area contributed by atoms with Crippen LogP contribution in [0.5, 0.6) is 0 Å². The van der Waals surface area contributed by atoms with Crippen molar-refractivity contribution in [3.8, 4) is 0 Å². The molecule has 1 saturated heterocycles. The smallest absolute Gasteiger partial charge is 0.259 e. The van der Waals surface area contributed by atoms with Crippen molar-refractivity contribution < 1.29 is 9.21 Å². The largest absolute Gasteiger partial charge is 0.464 e. The quantitative estimate of drug-likeness (QED) is 0.466. The number of carbonyl (C=O) groups is 1. The molecule has 4 heterocycles. The van der Waals surface area contributed by atoms with Gasteiger partial charge in [-0.3, -0.25) is 14.5 Å². The zero-order valence-corrected chi connectivity index (χ0v) is 21.1. The fraction of sp³-hybridized carbons (Fsp3) is 0.444. The number of H-pyrrole nitrogens is 1. The summed E-state index contributed by atoms with van der Waals surface area (Å²) in [4.78, 5) is 40.1. The number of nitrogens with one attached hydrogen (secondary N) is 1. The number of aromatic amines is 1. The highest BCUT2D eigenvalue weighted by Gasteiger charge is 2.24. The van der Waals surface area contributed by atoms with Crippen molar-refractivity contribution in [2.45, 2.75) is 52.5 Å². The lowest BCUT2D eigenvalue weighted by Crippen LogP contribution is -2.49. The second-order valence-corrected chi connectivity index (χ2v) is 11.0. The maximum Gasteiger partial charge on any atom is 0.259 e. The van der Waals surface area contributed by atoms with E-state index in [1.165, 1.54) is 28.0 Å². The van der Waals surface area contributed by atoms with Gasteiger partial charge in [0.25, 0.3) is 5.56 Å². The van der Waals surface area contributed by atoms with E-state index in [9.17, 15) is 9.59 Å². The highest BCUT2D eigenvalue weighted by Crippen LogP contribution is 2.33. The number of thiophene rings is 1. The summed E-state index contributed by atoms with van der Waals surface area (Å²) >= 11 is 1.69. The molecule has 0 spiro atoms. The van der Waals surface area contributed by atoms with E-state index >= 15 is 0 Å². The zero-order valence-electron chi connectivity index (χ0n) is 20.3. The van der Waals surface area contributed by atoms with Crippen LogP contribution in [0.1, 0.15) is 45.8 Å². The summed E-state index contributed by atoms with van der Waals surface area (Å²) < 4.78 is 5.71. The fourth-order valence-corrected chi connectivity index (χ4v) is 6.68. The van der Waals surface area contributed by atoms with Gasteiger partial charge in [0, 0.05) is 42.0 Å². The number of amides is 1. The van der Waals surface area contributed by atoms with Gasteiger partial charge in [-0.2, -0.15) is 0 Å². The van der Waals surface area contributed by atoms with Crippen molar-refractivity contribution in [1.82, 2.24) is 19.8 Å². The van der Waals surface area contributed by atoms with Crippen LogP contribution in [0.3, 0.4) is 0 Å². The number of fused-ring (bicyclic) bond motifs is 4. The van der Waals surface area contributed by atoms with Gasteiger partial charge < -0.3 is 14.3 Å². The summed E-state index contributed by atoms with van der Waals surface area (Å²) in [5.41, 5.74) is 5.40. The third-order valence-electron chi connectivity index (χ3n) is 7.58. The summed E-state index contributed by atoms with van der Waals surface area (Å²) in [5, 5.41) is 1.83. The van der Waals surface area contributed by atoms with Crippen LogP contribution in [-0.2, 0) is 30.6 Å². The number of carbonyl (C=O) groups excluding carboxylic acids is 1. The number of hydrogen-bond donors (Lipinski definition) is 1. The molecule has 8 heteroatoms. The normalized spacial score (nSPS) is 16.8. The molecule has 35 heavy (non-hydrogen) atoms. The molecule has 182 valence electrons. The van der Waals surface area contributed by atoms with Crippen LogP contribution in [-0.4, -0.2) is 51.9 Å². The number of rotatable bonds is 4. The molecule has 0 unspecified atom stereocenters. The first-order valence-electron chi connectivity index (χ1n) is 12.5. The number of nitrogens with zero attached hydrogens (tertiary/aromatic N) is 3. The Balaban J connectivity index is 1.10. The van der Waals surface area contributed by atoms with E-state index in [0.717, 1.165) is 64.9 Å². The van der Waals surface area contributed by atoms with E-state index in [4.69, 9.17) is 9.40 Å². The fourth-order valence-electron chi connectivity index (χ4n) is 5.40. The molecule has 7 nitrogen and oxygen atoms in total. The number of aromatic nitrogens is 2. The van der Waals surface area contributed by atoms with E-state index in [1.54, 1.807) is 17.6 Å². The topological polar surface area (TPSA) is 82.4 Å². The van der Waals surface area contributed by atoms with Gasteiger partial charge in [-0.1, -0.05) is 0 Å². The Kier molecular flexibility index (Phi) is 5.73. The summed E-state index contributed by atoms with van der Waals surface area (Å²) in [7, 11) is 0. The minimum Gasteiger partial charge on any atom is -0.464 e. The predicted molar refractivity (Wildman–Crippen MR) is 138 cm³/mol. The maximum absolute atomic E-state index is 13.0. The summed E-state index contributed by atoms with van der Waals surface area (Å²) in [6.45, 7) is 7.62. The van der Waals surface area contributed by atoms with Crippen LogP contribution < -0.4 is 5.56 Å². The Morgan fingerprint density at radius 3 is 2.71 bits per heavy atom. The van der Waals surface area contributed by atoms with Gasteiger partial charge >= 0.3 is 0 Å². The average Bonchev–Trinajstić information content (AvgIpc) is 3.41. The Morgan fingerprint density at radius 1 is 1.11 bits per heavy atom. The first-order valence-corrected chi connectivity index (χ1v) is 13.3. The van der Waals surface area contributed by atoms with Gasteiger partial charge in [-0.15, -0.1) is 11.3 Å². The minimum atomic E-state index is -0.00372. The number of piperazine rings is 1. The molecule has 1 amide bonds. The number of hydrogen-bond acceptors (Lipinski definition) is 6. The molecule has 1 aromatic carbocycles. The summed E-state index contributed by atoms with van der Waals surface area (Å²) in [6.07, 6.45) is 6.48. The van der Waals surface area contributed by atoms with E-state index in [1.807, 2.05) is 11.0 Å². The van der Waals surface area contributed by atoms with Crippen molar-refractivity contribution >= 4 is 38.4 Å². The van der Waals surface area contributed by atoms with Gasteiger partial charge in [-0.05, 0) is 68.4 Å². The van der Waals surface area contributed by atoms with Crippen molar-refractivity contribution in [2.24, 2.45) is 0 Å². The highest BCUT2D eigenvalue weighted by atomic mass is 32.1. The standard InChI is InChI=1S/C27H30N4O3S/c1-16-11-20-18(15-34-21(20)12-17(16)2)13-24(32)31-9-7-30(8-10-31)14-23-28-26(33)25-19-5-3-4-6-22(19)35-27(25)29-23/h11-12,15H,3-10,13-14H2,1-2H3,(H,28,29,33). The molecule has 1 aliphatic carbocycles. The number of aryl methyl sites for hydroxylation is 4. The molecule has 0 radical (unpaired) electrons. The third kappa shape index (κ3) is 4.19. The molecule has 4 aromatic rings. The van der Waals surface area contributed by atoms with Crippen molar-refractivity contribution in [3.05, 3.63) is 61.7 Å². The van der Waals surface area contributed by atoms with Crippen molar-refractivity contribution in [1.29, 1.82) is 0 Å². The van der Waals surface area contributed by atoms with E-state index in [0.29, 0.717) is 26.1 Å². The number of furan rings is 1. The summed E-state index contributed by atoms with van der Waals surface area (Å²) in [5.74, 6) is 0.846. The van der Waals surface area contributed by atoms with Crippen molar-refractivity contribution in [3.63, 3.8) is 0 Å². The molecule has 0 saturated carbocycles. The number of benzene rings is 1. The molecule has 0 bridgehead atoms. The minimum absolute atomic E-state index is 0.00372. The third-order valence-corrected chi connectivity index (χ3v) is 8.77. The zero-order chi connectivity index (χ0) is 24.1. The van der Waals surface area contributed by atoms with Crippen LogP contribution in [0.15, 0.2) is 27.6 Å². The lowest BCUT2D eigenvalue weighted by Gasteiger charge is -2.34. The van der Waals surface area contributed by atoms with Gasteiger partial charge in [0.2, 0.25) is 5.91 Å². The Hall–Kier alpha value is -2.97. The highest BCUT2D eigenvalue weighted by molar-refractivity contribution is 7.18. The monoisotopic (exact) mass is 490 g/mol. The Bertz CT molecular complexity index is 1490. The van der Waals surface area contributed by atoms with Crippen LogP contribution in [0.2, 0.25) is 0 Å². The molecule has 3 aromatic heterocycles. The van der Waals surface area contributed by atoms with Gasteiger partial charge in [0.15, 0.2) is 0 Å². The van der Waals surface area contributed by atoms with Crippen LogP contribution >= 0.6 is 11.3 Å². The van der Waals surface area contributed by atoms with Crippen LogP contribution in [0, 0.1) is 13.8 Å². The first kappa shape index (κ1) is 22.5. The van der Waals surface area contributed by atoms with E-state index < -0.39 is 0 Å². The molecule has 1 aliphatic heterocycles. The van der Waals surface area contributed by atoms with Gasteiger partial charge in [0.1, 0.15) is 16.2 Å². The van der Waals surface area contributed by atoms with Crippen LogP contribution in [0.25, 0.3) is 21.2 Å². The molecule has 6 rings (SSSR count). The predicted octanol–water partition coefficient (Wildman–Crippen LogP) is 4.11. The van der Waals surface area contributed by atoms with E-state index in [2.05, 4.69) is 29.8 Å². The molecule has 0 atom stereocenters. The Morgan fingerprint density at radius 2 is 1.89 bits per heavy atom. The van der Waals surface area contributed by atoms with Crippen LogP contribution in [0.4, 0.5) is 0 Å².